The number of rotatable bonds is 0. The molecule has 0 radical (unpaired) electrons. The summed E-state index contributed by atoms with van der Waals surface area (Å²) in [5.41, 5.74) is 0. The summed E-state index contributed by atoms with van der Waals surface area (Å²) >= 11 is -1.94. The molecule has 0 aliphatic rings. The van der Waals surface area contributed by atoms with Crippen LogP contribution in [0, 0.1) is 0 Å². The second-order valence-electron chi connectivity index (χ2n) is 0.175. The molecule has 0 saturated carbocycles. The van der Waals surface area contributed by atoms with Gasteiger partial charge in [-0.1, -0.05) is 0 Å². The zero-order chi connectivity index (χ0) is 7.58. The molecule has 2 nitrogen and oxygen atoms in total. The van der Waals surface area contributed by atoms with Gasteiger partial charge in [0.2, 0.25) is 0 Å². The number of halogens is 3. The summed E-state index contributed by atoms with van der Waals surface area (Å²) in [5, 5.41) is 14.0. The van der Waals surface area contributed by atoms with Crippen molar-refractivity contribution in [3.05, 3.63) is 0 Å². The van der Waals surface area contributed by atoms with E-state index < -0.39 is 14.2 Å². The maximum absolute atomic E-state index is 7.00. The molecule has 0 aromatic heterocycles. The van der Waals surface area contributed by atoms with Crippen molar-refractivity contribution in [1.29, 1.82) is 0 Å². The Morgan fingerprint density at radius 1 is 0.875 bits per heavy atom. The molecule has 55 valence electrons. The van der Waals surface area contributed by atoms with Gasteiger partial charge < -0.3 is 10.2 Å². The fourth-order valence-corrected chi connectivity index (χ4v) is 0. The molecule has 0 rings (SSSR count). The van der Waals surface area contributed by atoms with Crippen LogP contribution in [0.4, 0.5) is 0 Å². The summed E-state index contributed by atoms with van der Waals surface area (Å²) in [6, 6.07) is 0. The van der Waals surface area contributed by atoms with E-state index in [1.54, 1.807) is 0 Å². The predicted octanol–water partition coefficient (Wildman–Crippen LogP) is 1.28. The van der Waals surface area contributed by atoms with Crippen LogP contribution in [-0.4, -0.2) is 24.4 Å². The van der Waals surface area contributed by atoms with E-state index in [1.807, 2.05) is 0 Å². The first-order valence-electron chi connectivity index (χ1n) is 1.36. The molecule has 0 saturated heterocycles. The molecule has 0 spiro atoms. The molecule has 0 heterocycles. The summed E-state index contributed by atoms with van der Waals surface area (Å²) in [6.45, 7) is 0. The summed E-state index contributed by atoms with van der Waals surface area (Å²) in [6.07, 6.45) is 0. The summed E-state index contributed by atoms with van der Waals surface area (Å²) in [7, 11) is 16.9. The first-order valence-corrected chi connectivity index (χ1v) is 9.11. The van der Waals surface area contributed by atoms with E-state index in [0.29, 0.717) is 0 Å². The van der Waals surface area contributed by atoms with E-state index in [2.05, 4.69) is 0 Å². The van der Waals surface area contributed by atoms with E-state index in [9.17, 15) is 0 Å². The van der Waals surface area contributed by atoms with E-state index in [0.717, 1.165) is 14.2 Å². The summed E-state index contributed by atoms with van der Waals surface area (Å²) in [4.78, 5) is 0. The second kappa shape index (κ2) is 23.6. The average molecular weight is 266 g/mol. The zero-order valence-corrected chi connectivity index (χ0v) is 8.71. The van der Waals surface area contributed by atoms with Gasteiger partial charge in [0.05, 0.1) is 0 Å². The van der Waals surface area contributed by atoms with Crippen LogP contribution < -0.4 is 0 Å². The van der Waals surface area contributed by atoms with Crippen molar-refractivity contribution in [3.8, 4) is 0 Å². The fraction of sp³-hybridized carbons (Fsp3) is 1.00. The second-order valence-corrected chi connectivity index (χ2v) is 9.32. The van der Waals surface area contributed by atoms with Crippen molar-refractivity contribution in [1.82, 2.24) is 0 Å². The fourth-order valence-electron chi connectivity index (χ4n) is 0. The molecule has 0 amide bonds. The van der Waals surface area contributed by atoms with Gasteiger partial charge in [-0.2, -0.15) is 0 Å². The van der Waals surface area contributed by atoms with Crippen molar-refractivity contribution < 1.29 is 24.4 Å². The Morgan fingerprint density at radius 2 is 0.875 bits per heavy atom. The summed E-state index contributed by atoms with van der Waals surface area (Å²) in [5.74, 6) is 0. The number of hydrogen-bond donors (Lipinski definition) is 2. The number of aliphatic hydroxyl groups excluding tert-OH is 2. The number of aliphatic hydroxyl groups is 2. The Kier molecular flexibility index (Phi) is 48.0. The van der Waals surface area contributed by atoms with Gasteiger partial charge in [-0.05, 0) is 0 Å². The van der Waals surface area contributed by atoms with Crippen LogP contribution in [0.5, 0.6) is 0 Å². The molecule has 6 heteroatoms. The van der Waals surface area contributed by atoms with Gasteiger partial charge in [0.1, 0.15) is 0 Å². The van der Waals surface area contributed by atoms with Gasteiger partial charge in [0.25, 0.3) is 0 Å². The van der Waals surface area contributed by atoms with Gasteiger partial charge in [-0.15, -0.1) is 0 Å². The van der Waals surface area contributed by atoms with Crippen molar-refractivity contribution in [2.75, 3.05) is 14.2 Å². The quantitative estimate of drug-likeness (QED) is 0.649. The van der Waals surface area contributed by atoms with Gasteiger partial charge >= 0.3 is 42.4 Å². The molecule has 0 unspecified atom stereocenters. The normalized spacial score (nSPS) is 6.00. The molecular formula is C2H8Cl3MoO2. The van der Waals surface area contributed by atoms with Crippen LogP contribution in [0.1, 0.15) is 0 Å². The van der Waals surface area contributed by atoms with Gasteiger partial charge in [0, 0.05) is 14.2 Å². The van der Waals surface area contributed by atoms with E-state index in [4.69, 9.17) is 38.5 Å². The van der Waals surface area contributed by atoms with Crippen LogP contribution in [0.3, 0.4) is 0 Å². The SMILES string of the molecule is CO.CO.[Cl][Mo]([Cl])[Cl]. The number of hydrogen-bond acceptors (Lipinski definition) is 2. The van der Waals surface area contributed by atoms with Crippen LogP contribution >= 0.6 is 28.3 Å². The molecule has 0 aliphatic heterocycles. The van der Waals surface area contributed by atoms with Gasteiger partial charge in [-0.3, -0.25) is 0 Å². The van der Waals surface area contributed by atoms with E-state index in [-0.39, 0.29) is 0 Å². The van der Waals surface area contributed by atoms with Crippen molar-refractivity contribution >= 4 is 28.3 Å². The third-order valence-electron chi connectivity index (χ3n) is 0. The first-order chi connectivity index (χ1) is 3.73. The first kappa shape index (κ1) is 16.2. The molecule has 0 atom stereocenters. The van der Waals surface area contributed by atoms with Crippen LogP contribution in [0.25, 0.3) is 0 Å². The molecule has 8 heavy (non-hydrogen) atoms. The van der Waals surface area contributed by atoms with E-state index >= 15 is 0 Å². The van der Waals surface area contributed by atoms with Crippen molar-refractivity contribution in [3.63, 3.8) is 0 Å². The van der Waals surface area contributed by atoms with E-state index in [1.165, 1.54) is 0 Å². The Hall–Kier alpha value is 1.48. The van der Waals surface area contributed by atoms with Crippen molar-refractivity contribution in [2.24, 2.45) is 0 Å². The maximum atomic E-state index is 7.00. The average Bonchev–Trinajstić information content (AvgIpc) is 1.75. The molecule has 0 aromatic rings. The topological polar surface area (TPSA) is 40.5 Å². The molecule has 2 N–H and O–H groups in total. The van der Waals surface area contributed by atoms with Gasteiger partial charge in [0.15, 0.2) is 0 Å². The Bertz CT molecular complexity index is 20.0. The monoisotopic (exact) mass is 267 g/mol. The standard InChI is InChI=1S/2CH4O.3ClH.Mo/c2*1-2;;;;/h2*2H,1H3;3*1H;/q;;;;;+3/p-3. The minimum absolute atomic E-state index is 1.00. The van der Waals surface area contributed by atoms with Crippen LogP contribution in [0.15, 0.2) is 0 Å². The van der Waals surface area contributed by atoms with Crippen molar-refractivity contribution in [2.45, 2.75) is 0 Å². The zero-order valence-electron chi connectivity index (χ0n) is 4.44. The van der Waals surface area contributed by atoms with Crippen LogP contribution in [0.2, 0.25) is 0 Å². The molecule has 0 aromatic carbocycles. The molecule has 0 bridgehead atoms. The molecular weight excluding hydrogens is 258 g/mol. The minimum atomic E-state index is -1.94. The Morgan fingerprint density at radius 3 is 0.875 bits per heavy atom. The summed E-state index contributed by atoms with van der Waals surface area (Å²) < 4.78 is 0. The van der Waals surface area contributed by atoms with Crippen LogP contribution in [-0.2, 0) is 14.2 Å². The Labute approximate surface area is 66.7 Å². The predicted molar refractivity (Wildman–Crippen MR) is 33.8 cm³/mol. The van der Waals surface area contributed by atoms with Gasteiger partial charge in [-0.25, -0.2) is 0 Å². The molecule has 0 fully saturated rings. The third-order valence-corrected chi connectivity index (χ3v) is 0. The molecule has 0 aliphatic carbocycles. The Balaban J connectivity index is -0.0000000542. The third kappa shape index (κ3) is 144.